The Kier molecular flexibility index (Phi) is 7.53. The van der Waals surface area contributed by atoms with Gasteiger partial charge in [-0.1, -0.05) is 19.8 Å². The highest BCUT2D eigenvalue weighted by atomic mass is 16.5. The lowest BCUT2D eigenvalue weighted by molar-refractivity contribution is -0.129. The number of benzene rings is 1. The summed E-state index contributed by atoms with van der Waals surface area (Å²) in [6.07, 6.45) is 5.63. The molecule has 160 valence electrons. The van der Waals surface area contributed by atoms with E-state index in [1.807, 2.05) is 29.2 Å². The molecule has 2 fully saturated rings. The van der Waals surface area contributed by atoms with Crippen LogP contribution >= 0.6 is 0 Å². The van der Waals surface area contributed by atoms with Crippen LogP contribution in [0.25, 0.3) is 0 Å². The van der Waals surface area contributed by atoms with Crippen molar-refractivity contribution < 1.29 is 14.3 Å². The number of hydrogen-bond donors (Lipinski definition) is 1. The molecule has 1 heterocycles. The normalized spacial score (nSPS) is 20.3. The zero-order valence-electron chi connectivity index (χ0n) is 18.0. The predicted octanol–water partition coefficient (Wildman–Crippen LogP) is 2.93. The molecule has 2 atom stereocenters. The van der Waals surface area contributed by atoms with Crippen LogP contribution in [0.3, 0.4) is 0 Å². The van der Waals surface area contributed by atoms with E-state index in [-0.39, 0.29) is 23.9 Å². The Hall–Kier alpha value is -2.08. The van der Waals surface area contributed by atoms with Gasteiger partial charge in [-0.3, -0.25) is 14.5 Å². The van der Waals surface area contributed by atoms with Gasteiger partial charge in [-0.05, 0) is 56.4 Å². The van der Waals surface area contributed by atoms with E-state index in [0.717, 1.165) is 38.1 Å². The Bertz CT molecular complexity index is 677. The molecule has 0 aromatic heterocycles. The van der Waals surface area contributed by atoms with Gasteiger partial charge in [0, 0.05) is 37.8 Å². The van der Waals surface area contributed by atoms with Crippen LogP contribution in [-0.4, -0.2) is 67.0 Å². The first kappa shape index (κ1) is 21.6. The lowest BCUT2D eigenvalue weighted by Gasteiger charge is -2.41. The third kappa shape index (κ3) is 5.30. The van der Waals surface area contributed by atoms with E-state index < -0.39 is 0 Å². The van der Waals surface area contributed by atoms with Crippen LogP contribution in [0, 0.1) is 5.92 Å². The first-order valence-corrected chi connectivity index (χ1v) is 11.0. The average Bonchev–Trinajstić information content (AvgIpc) is 3.28. The van der Waals surface area contributed by atoms with Crippen LogP contribution in [0.5, 0.6) is 5.75 Å². The molecule has 29 heavy (non-hydrogen) atoms. The molecule has 0 radical (unpaired) electrons. The summed E-state index contributed by atoms with van der Waals surface area (Å²) in [6, 6.07) is 7.40. The molecule has 1 saturated heterocycles. The van der Waals surface area contributed by atoms with E-state index in [9.17, 15) is 9.59 Å². The van der Waals surface area contributed by atoms with E-state index in [1.54, 1.807) is 7.11 Å². The number of ether oxygens (including phenoxy) is 1. The van der Waals surface area contributed by atoms with Crippen LogP contribution in [-0.2, 0) is 4.79 Å². The average molecular weight is 402 g/mol. The number of hydrogen-bond acceptors (Lipinski definition) is 4. The standard InChI is InChI=1S/C23H35N3O3/c1-4-17(2)24-22(27)21(18-7-5-6-8-18)25-13-15-26(16-14-25)23(28)19-9-11-20(29-3)12-10-19/h9-12,17-18,21H,4-8,13-16H2,1-3H3,(H,24,27)/t17-,21+/m1/s1. The van der Waals surface area contributed by atoms with Crippen molar-refractivity contribution in [2.75, 3.05) is 33.3 Å². The lowest BCUT2D eigenvalue weighted by atomic mass is 9.94. The highest BCUT2D eigenvalue weighted by Crippen LogP contribution is 2.31. The summed E-state index contributed by atoms with van der Waals surface area (Å²) in [7, 11) is 1.62. The number of amides is 2. The van der Waals surface area contributed by atoms with E-state index >= 15 is 0 Å². The minimum absolute atomic E-state index is 0.0498. The van der Waals surface area contributed by atoms with Crippen molar-refractivity contribution in [3.05, 3.63) is 29.8 Å². The molecule has 2 aliphatic rings. The van der Waals surface area contributed by atoms with Gasteiger partial charge in [0.2, 0.25) is 5.91 Å². The van der Waals surface area contributed by atoms with Crippen molar-refractivity contribution in [1.29, 1.82) is 0 Å². The monoisotopic (exact) mass is 401 g/mol. The number of carbonyl (C=O) groups excluding carboxylic acids is 2. The Morgan fingerprint density at radius 2 is 1.72 bits per heavy atom. The predicted molar refractivity (Wildman–Crippen MR) is 114 cm³/mol. The third-order valence-corrected chi connectivity index (χ3v) is 6.45. The topological polar surface area (TPSA) is 61.9 Å². The first-order chi connectivity index (χ1) is 14.0. The molecular weight excluding hydrogens is 366 g/mol. The van der Waals surface area contributed by atoms with Gasteiger partial charge in [0.05, 0.1) is 13.2 Å². The second-order valence-electron chi connectivity index (χ2n) is 8.36. The molecule has 0 bridgehead atoms. The number of methoxy groups -OCH3 is 1. The third-order valence-electron chi connectivity index (χ3n) is 6.45. The van der Waals surface area contributed by atoms with Crippen LogP contribution < -0.4 is 10.1 Å². The summed E-state index contributed by atoms with van der Waals surface area (Å²) in [5.41, 5.74) is 0.682. The highest BCUT2D eigenvalue weighted by molar-refractivity contribution is 5.94. The quantitative estimate of drug-likeness (QED) is 0.763. The summed E-state index contributed by atoms with van der Waals surface area (Å²) >= 11 is 0. The molecule has 1 N–H and O–H groups in total. The maximum atomic E-state index is 13.1. The van der Waals surface area contributed by atoms with Gasteiger partial charge in [0.25, 0.3) is 5.91 Å². The summed E-state index contributed by atoms with van der Waals surface area (Å²) < 4.78 is 5.17. The molecule has 1 aromatic carbocycles. The number of piperazine rings is 1. The van der Waals surface area contributed by atoms with Crippen molar-refractivity contribution in [3.8, 4) is 5.75 Å². The summed E-state index contributed by atoms with van der Waals surface area (Å²) in [5.74, 6) is 1.40. The molecule has 2 amide bonds. The Labute approximate surface area is 174 Å². The maximum absolute atomic E-state index is 13.1. The second-order valence-corrected chi connectivity index (χ2v) is 8.36. The lowest BCUT2D eigenvalue weighted by Crippen LogP contribution is -2.58. The SMILES string of the molecule is CC[C@@H](C)NC(=O)[C@H](C1CCCC1)N1CCN(C(=O)c2ccc(OC)cc2)CC1. The Balaban J connectivity index is 1.62. The number of nitrogens with one attached hydrogen (secondary N) is 1. The number of rotatable bonds is 7. The van der Waals surface area contributed by atoms with E-state index in [2.05, 4.69) is 24.1 Å². The molecule has 0 unspecified atom stereocenters. The number of nitrogens with zero attached hydrogens (tertiary/aromatic N) is 2. The molecule has 6 nitrogen and oxygen atoms in total. The van der Waals surface area contributed by atoms with Gasteiger partial charge < -0.3 is 15.0 Å². The van der Waals surface area contributed by atoms with Crippen LogP contribution in [0.4, 0.5) is 0 Å². The highest BCUT2D eigenvalue weighted by Gasteiger charge is 2.37. The fourth-order valence-corrected chi connectivity index (χ4v) is 4.50. The van der Waals surface area contributed by atoms with Crippen molar-refractivity contribution in [2.45, 2.75) is 58.0 Å². The van der Waals surface area contributed by atoms with Gasteiger partial charge in [0.1, 0.15) is 5.75 Å². The molecule has 1 aliphatic carbocycles. The minimum Gasteiger partial charge on any atom is -0.497 e. The first-order valence-electron chi connectivity index (χ1n) is 11.0. The molecule has 1 aliphatic heterocycles. The van der Waals surface area contributed by atoms with E-state index in [4.69, 9.17) is 4.74 Å². The van der Waals surface area contributed by atoms with Gasteiger partial charge in [0.15, 0.2) is 0 Å². The Morgan fingerprint density at radius 3 is 2.28 bits per heavy atom. The molecule has 6 heteroatoms. The van der Waals surface area contributed by atoms with Crippen LogP contribution in [0.1, 0.15) is 56.3 Å². The second kappa shape index (κ2) is 10.1. The van der Waals surface area contributed by atoms with Crippen molar-refractivity contribution >= 4 is 11.8 Å². The summed E-state index contributed by atoms with van der Waals surface area (Å²) in [4.78, 5) is 30.1. The van der Waals surface area contributed by atoms with Gasteiger partial charge in [-0.15, -0.1) is 0 Å². The smallest absolute Gasteiger partial charge is 0.253 e. The largest absolute Gasteiger partial charge is 0.497 e. The minimum atomic E-state index is -0.0651. The molecule has 3 rings (SSSR count). The molecular formula is C23H35N3O3. The van der Waals surface area contributed by atoms with Crippen molar-refractivity contribution in [2.24, 2.45) is 5.92 Å². The van der Waals surface area contributed by atoms with E-state index in [1.165, 1.54) is 12.8 Å². The van der Waals surface area contributed by atoms with Gasteiger partial charge in [-0.25, -0.2) is 0 Å². The summed E-state index contributed by atoms with van der Waals surface area (Å²) in [5, 5.41) is 3.20. The molecule has 0 spiro atoms. The fourth-order valence-electron chi connectivity index (χ4n) is 4.50. The number of carbonyl (C=O) groups is 2. The zero-order chi connectivity index (χ0) is 20.8. The van der Waals surface area contributed by atoms with Gasteiger partial charge >= 0.3 is 0 Å². The van der Waals surface area contributed by atoms with Crippen molar-refractivity contribution in [1.82, 2.24) is 15.1 Å². The maximum Gasteiger partial charge on any atom is 0.253 e. The fraction of sp³-hybridized carbons (Fsp3) is 0.652. The molecule has 1 aromatic rings. The van der Waals surface area contributed by atoms with Gasteiger partial charge in [-0.2, -0.15) is 0 Å². The summed E-state index contributed by atoms with van der Waals surface area (Å²) in [6.45, 7) is 6.97. The van der Waals surface area contributed by atoms with Crippen LogP contribution in [0.2, 0.25) is 0 Å². The zero-order valence-corrected chi connectivity index (χ0v) is 18.0. The van der Waals surface area contributed by atoms with Crippen molar-refractivity contribution in [3.63, 3.8) is 0 Å². The van der Waals surface area contributed by atoms with Crippen LogP contribution in [0.15, 0.2) is 24.3 Å². The van der Waals surface area contributed by atoms with E-state index in [0.29, 0.717) is 24.6 Å². The Morgan fingerprint density at radius 1 is 1.10 bits per heavy atom. The molecule has 1 saturated carbocycles.